The maximum Gasteiger partial charge on any atom is 0.336 e. The lowest BCUT2D eigenvalue weighted by atomic mass is 9.82. The number of nitrogens with zero attached hydrogens (tertiary/aromatic N) is 1. The summed E-state index contributed by atoms with van der Waals surface area (Å²) in [6, 6.07) is 30.1. The molecule has 26 heteroatoms. The van der Waals surface area contributed by atoms with E-state index in [1.165, 1.54) is 30.3 Å². The lowest BCUT2D eigenvalue weighted by Crippen LogP contribution is -2.56. The van der Waals surface area contributed by atoms with Crippen LogP contribution in [0, 0.1) is 18.8 Å². The number of phosphoric acid groups is 3. The van der Waals surface area contributed by atoms with Crippen LogP contribution in [0.3, 0.4) is 0 Å². The van der Waals surface area contributed by atoms with Crippen molar-refractivity contribution in [3.8, 4) is 62.5 Å². The van der Waals surface area contributed by atoms with E-state index in [1.807, 2.05) is 49.4 Å². The predicted molar refractivity (Wildman–Crippen MR) is 303 cm³/mol. The first-order valence-electron chi connectivity index (χ1n) is 26.1. The van der Waals surface area contributed by atoms with Gasteiger partial charge in [-0.1, -0.05) is 12.1 Å². The number of fused-ring (bicyclic) bond motifs is 4. The first-order chi connectivity index (χ1) is 39.7. The Labute approximate surface area is 480 Å². The Morgan fingerprint density at radius 2 is 1.44 bits per heavy atom. The fraction of sp³-hybridized carbons (Fsp3) is 0.259. The molecule has 2 saturated heterocycles. The molecule has 0 saturated carbocycles. The molecule has 8 N–H and O–H groups in total. The second kappa shape index (κ2) is 24.4. The summed E-state index contributed by atoms with van der Waals surface area (Å²) < 4.78 is 60.4. The standard InChI is InChI=1S/C52H42N4O8.C6H15O11P3.H2/c1-3-4-5-18-52(55-49(59)30-6-12-36(29(2)23-30)47-38-14-8-32(53)25-43(38)63-44-26-33(54)9-15-39(44)47)19-21-56(22-20-52)50(60)31-7-13-37(42(24-31)51(61)62)48-40-16-10-34(57)27-45(40)64-46-28-35(58)11-17-41(46)48;1-5-2-3-6(15-5)4-14-19(10,11)17-20(12,13)16-18(7,8)9;/h6-17,23-28,53,57H,5,18-22,54H2,1-2H3,(H,55,59)(H,61,62);5-6H,2-4H2,1H3,(H,10,11)(H,12,13)(H2,7,8,9);1H/p-2/t;5-,6-;/m.0./s1. The summed E-state index contributed by atoms with van der Waals surface area (Å²) in [5.41, 5.74) is 12.1. The molecule has 4 aliphatic heterocycles. The number of phenolic OH excluding ortho intramolecular Hbond substituents is 1. The monoisotopic (exact) mass is 1210 g/mol. The molecule has 2 aliphatic carbocycles. The number of benzene rings is 6. The van der Waals surface area contributed by atoms with Gasteiger partial charge in [0.2, 0.25) is 0 Å². The number of rotatable bonds is 15. The average molecular weight is 1210 g/mol. The number of hydrogen-bond acceptors (Lipinski definition) is 18. The zero-order chi connectivity index (χ0) is 60.5. The van der Waals surface area contributed by atoms with Gasteiger partial charge in [-0.2, -0.15) is 0 Å². The van der Waals surface area contributed by atoms with Crippen LogP contribution in [0.5, 0.6) is 5.75 Å². The number of ether oxygens (including phenoxy) is 1. The highest BCUT2D eigenvalue weighted by Crippen LogP contribution is 2.61. The first kappa shape index (κ1) is 60.8. The number of nitrogens with two attached hydrogens (primary N) is 2. The predicted octanol–water partition coefficient (Wildman–Crippen LogP) is 6.49. The van der Waals surface area contributed by atoms with E-state index in [-0.39, 0.29) is 53.0 Å². The molecule has 10 rings (SSSR count). The van der Waals surface area contributed by atoms with Crippen LogP contribution in [0.2, 0.25) is 0 Å². The molecule has 0 radical (unpaired) electrons. The Morgan fingerprint density at radius 1 is 0.810 bits per heavy atom. The summed E-state index contributed by atoms with van der Waals surface area (Å²) in [6.07, 6.45) is 2.60. The molecule has 4 aromatic rings. The second-order valence-corrected chi connectivity index (χ2v) is 24.6. The molecule has 4 heterocycles. The topological polar surface area (TPSA) is 379 Å². The third kappa shape index (κ3) is 14.1. The molecule has 84 heavy (non-hydrogen) atoms. The number of carboxylic acid groups (broad SMARTS) is 1. The van der Waals surface area contributed by atoms with Crippen molar-refractivity contribution in [1.82, 2.24) is 10.2 Å². The van der Waals surface area contributed by atoms with E-state index in [4.69, 9.17) is 29.6 Å². The molecule has 2 fully saturated rings. The van der Waals surface area contributed by atoms with E-state index in [1.54, 1.807) is 55.1 Å². The second-order valence-electron chi connectivity index (χ2n) is 20.3. The minimum Gasteiger partial charge on any atom is -0.756 e. The molecule has 3 unspecified atom stereocenters. The zero-order valence-electron chi connectivity index (χ0n) is 45.2. The lowest BCUT2D eigenvalue weighted by Gasteiger charge is -2.42. The minimum atomic E-state index is -5.83. The highest BCUT2D eigenvalue weighted by atomic mass is 31.3. The molecular weight excluding hydrogens is 1150 g/mol. The van der Waals surface area contributed by atoms with E-state index in [0.717, 1.165) is 27.6 Å². The van der Waals surface area contributed by atoms with Crippen molar-refractivity contribution in [2.45, 2.75) is 77.0 Å². The number of anilines is 1. The SMILES string of the molecule is CC#CCCC1(NC(=O)c2ccc(-c3c4ccc(=[NH2+])cc-4oc4cc(N)ccc34)c(C)c2)CCN(C(=O)c2ccc(-c3c4ccc(=O)cc-4oc4cc(O)ccc34)c(C(=O)O)c2)CC1.C[C@H]1CC[C@@H](COP(=O)([O-])OP(=O)([O-])OP(=O)([O-])O)O1.[HH]. The smallest absolute Gasteiger partial charge is 0.336 e. The van der Waals surface area contributed by atoms with Crippen LogP contribution >= 0.6 is 23.5 Å². The van der Waals surface area contributed by atoms with Gasteiger partial charge >= 0.3 is 5.97 Å². The maximum absolute atomic E-state index is 14.2. The molecule has 6 aliphatic rings. The Bertz CT molecular complexity index is 4180. The minimum absolute atomic E-state index is 0. The van der Waals surface area contributed by atoms with Crippen molar-refractivity contribution in [2.75, 3.05) is 25.4 Å². The molecule has 4 aromatic carbocycles. The van der Waals surface area contributed by atoms with Crippen LogP contribution in [0.4, 0.5) is 5.69 Å². The number of piperidine rings is 1. The van der Waals surface area contributed by atoms with E-state index in [2.05, 4.69) is 30.3 Å². The highest BCUT2D eigenvalue weighted by Gasteiger charge is 2.38. The average Bonchev–Trinajstić information content (AvgIpc) is 2.27. The number of carbonyl (C=O) groups excluding carboxylic acids is 2. The van der Waals surface area contributed by atoms with E-state index < -0.39 is 47.7 Å². The lowest BCUT2D eigenvalue weighted by molar-refractivity contribution is -0.250. The van der Waals surface area contributed by atoms with Gasteiger partial charge in [0.1, 0.15) is 28.4 Å². The third-order valence-electron chi connectivity index (χ3n) is 14.4. The Balaban J connectivity index is 0.000000382. The van der Waals surface area contributed by atoms with Crippen molar-refractivity contribution < 1.29 is 91.4 Å². The van der Waals surface area contributed by atoms with Crippen molar-refractivity contribution >= 4 is 68.9 Å². The summed E-state index contributed by atoms with van der Waals surface area (Å²) in [7, 11) is -16.9. The Morgan fingerprint density at radius 3 is 2.10 bits per heavy atom. The number of nitrogens with one attached hydrogen (secondary N) is 1. The van der Waals surface area contributed by atoms with Gasteiger partial charge in [-0.25, -0.2) is 13.4 Å². The fourth-order valence-electron chi connectivity index (χ4n) is 10.5. The van der Waals surface area contributed by atoms with Crippen molar-refractivity contribution in [3.05, 3.63) is 147 Å². The molecule has 23 nitrogen and oxygen atoms in total. The number of likely N-dealkylation sites (tertiary alicyclic amines) is 1. The van der Waals surface area contributed by atoms with Crippen LogP contribution in [-0.2, 0) is 31.6 Å². The normalized spacial score (nSPS) is 18.0. The molecular formula is C58H57N4O19P3-2. The number of hydrogen-bond donors (Lipinski definition) is 6. The Kier molecular flexibility index (Phi) is 17.7. The summed E-state index contributed by atoms with van der Waals surface area (Å²) in [5, 5.41) is 32.1. The number of carbonyl (C=O) groups is 3. The molecule has 2 amide bonds. The van der Waals surface area contributed by atoms with Gasteiger partial charge in [0.25, 0.3) is 35.3 Å². The van der Waals surface area contributed by atoms with Gasteiger partial charge in [-0.15, -0.1) is 11.8 Å². The van der Waals surface area contributed by atoms with Gasteiger partial charge in [-0.05, 0) is 136 Å². The summed E-state index contributed by atoms with van der Waals surface area (Å²) in [4.78, 5) is 95.6. The summed E-state index contributed by atoms with van der Waals surface area (Å²) >= 11 is 0. The number of phosphoric ester groups is 1. The number of amides is 2. The Hall–Kier alpha value is -7.80. The van der Waals surface area contributed by atoms with Crippen molar-refractivity contribution in [3.63, 3.8) is 0 Å². The van der Waals surface area contributed by atoms with Crippen LogP contribution in [0.25, 0.3) is 66.8 Å². The molecule has 0 bridgehead atoms. The highest BCUT2D eigenvalue weighted by molar-refractivity contribution is 7.65. The number of phenols is 1. The van der Waals surface area contributed by atoms with Gasteiger partial charge < -0.3 is 63.8 Å². The van der Waals surface area contributed by atoms with Gasteiger partial charge in [0, 0.05) is 101 Å². The van der Waals surface area contributed by atoms with Crippen molar-refractivity contribution in [2.24, 2.45) is 0 Å². The van der Waals surface area contributed by atoms with Crippen LogP contribution in [0.15, 0.2) is 123 Å². The third-order valence-corrected chi connectivity index (χ3v) is 18.1. The van der Waals surface area contributed by atoms with E-state index >= 15 is 0 Å². The number of aryl methyl sites for hydroxylation is 1. The van der Waals surface area contributed by atoms with E-state index in [9.17, 15) is 57.8 Å². The molecule has 440 valence electrons. The molecule has 5 atom stereocenters. The van der Waals surface area contributed by atoms with E-state index in [0.29, 0.717) is 102 Å². The van der Waals surface area contributed by atoms with Crippen LogP contribution in [-0.4, -0.2) is 75.2 Å². The number of nitrogen functional groups attached to an aromatic ring is 1. The number of aromatic carboxylic acids is 1. The largest absolute Gasteiger partial charge is 0.756 e. The van der Waals surface area contributed by atoms with Crippen LogP contribution < -0.4 is 41.9 Å². The quantitative estimate of drug-likeness (QED) is 0.0276. The van der Waals surface area contributed by atoms with Gasteiger partial charge in [-0.3, -0.25) is 33.5 Å². The molecule has 0 spiro atoms. The maximum atomic E-state index is 14.2. The summed E-state index contributed by atoms with van der Waals surface area (Å²) in [6.45, 7) is 5.64. The summed E-state index contributed by atoms with van der Waals surface area (Å²) in [5.74, 6) is 5.03. The zero-order valence-corrected chi connectivity index (χ0v) is 47.9. The van der Waals surface area contributed by atoms with Crippen molar-refractivity contribution in [1.29, 1.82) is 0 Å². The van der Waals surface area contributed by atoms with Gasteiger partial charge in [0.05, 0.1) is 30.4 Å². The fourth-order valence-corrected chi connectivity index (χ4v) is 13.4. The van der Waals surface area contributed by atoms with Crippen LogP contribution in [0.1, 0.15) is 90.4 Å². The first-order valence-corrected chi connectivity index (χ1v) is 30.5. The molecule has 0 aromatic heterocycles. The number of carboxylic acids is 1. The van der Waals surface area contributed by atoms with Gasteiger partial charge in [0.15, 0.2) is 10.8 Å². The number of aromatic hydroxyl groups is 1.